The number of nitrogens with zero attached hydrogens (tertiary/aromatic N) is 2. The minimum atomic E-state index is -0.889. The summed E-state index contributed by atoms with van der Waals surface area (Å²) in [5.41, 5.74) is 0.511. The van der Waals surface area contributed by atoms with Crippen LogP contribution in [0.2, 0.25) is 0 Å². The van der Waals surface area contributed by atoms with Crippen LogP contribution in [0.25, 0.3) is 0 Å². The average Bonchev–Trinajstić information content (AvgIpc) is 3.02. The lowest BCUT2D eigenvalue weighted by Gasteiger charge is -2.31. The van der Waals surface area contributed by atoms with Crippen molar-refractivity contribution in [3.8, 4) is 0 Å². The molecule has 1 aliphatic rings. The highest BCUT2D eigenvalue weighted by molar-refractivity contribution is 6.05. The topological polar surface area (TPSA) is 74.3 Å². The number of carbonyl (C=O) groups is 2. The van der Waals surface area contributed by atoms with Crippen molar-refractivity contribution in [2.45, 2.75) is 39.2 Å². The fraction of sp³-hybridized carbons (Fsp3) is 0.611. The SMILES string of the molecule is Cc1ccc(C(=O)[C@@]2(NC(=O)N(C)CCC(C)C)CCNC2)cn1. The average molecular weight is 332 g/mol. The summed E-state index contributed by atoms with van der Waals surface area (Å²) in [5.74, 6) is 0.452. The Balaban J connectivity index is 2.11. The van der Waals surface area contributed by atoms with E-state index in [-0.39, 0.29) is 11.8 Å². The first-order valence-corrected chi connectivity index (χ1v) is 8.55. The number of ketones is 1. The number of pyridine rings is 1. The van der Waals surface area contributed by atoms with Gasteiger partial charge in [-0.2, -0.15) is 0 Å². The van der Waals surface area contributed by atoms with E-state index in [1.165, 1.54) is 0 Å². The molecular weight excluding hydrogens is 304 g/mol. The largest absolute Gasteiger partial charge is 0.328 e. The second-order valence-electron chi connectivity index (χ2n) is 7.06. The molecule has 0 unspecified atom stereocenters. The first kappa shape index (κ1) is 18.4. The predicted molar refractivity (Wildman–Crippen MR) is 94.1 cm³/mol. The summed E-state index contributed by atoms with van der Waals surface area (Å²) < 4.78 is 0. The van der Waals surface area contributed by atoms with Crippen LogP contribution in [-0.2, 0) is 0 Å². The molecule has 1 saturated heterocycles. The number of amides is 2. The van der Waals surface area contributed by atoms with Gasteiger partial charge in [0.05, 0.1) is 0 Å². The van der Waals surface area contributed by atoms with Crippen LogP contribution in [0.5, 0.6) is 0 Å². The van der Waals surface area contributed by atoms with Crippen LogP contribution in [-0.4, -0.2) is 53.9 Å². The van der Waals surface area contributed by atoms with E-state index in [2.05, 4.69) is 29.5 Å². The molecule has 2 rings (SSSR count). The highest BCUT2D eigenvalue weighted by Gasteiger charge is 2.43. The van der Waals surface area contributed by atoms with E-state index in [1.807, 2.05) is 13.0 Å². The van der Waals surface area contributed by atoms with Crippen LogP contribution in [0.3, 0.4) is 0 Å². The zero-order valence-electron chi connectivity index (χ0n) is 15.1. The van der Waals surface area contributed by atoms with Crippen LogP contribution < -0.4 is 10.6 Å². The lowest BCUT2D eigenvalue weighted by atomic mass is 9.89. The quantitative estimate of drug-likeness (QED) is 0.781. The van der Waals surface area contributed by atoms with Crippen LogP contribution in [0.15, 0.2) is 18.3 Å². The van der Waals surface area contributed by atoms with Gasteiger partial charge in [0.1, 0.15) is 5.54 Å². The predicted octanol–water partition coefficient (Wildman–Crippen LogP) is 1.99. The Morgan fingerprint density at radius 2 is 2.17 bits per heavy atom. The van der Waals surface area contributed by atoms with Crippen molar-refractivity contribution in [3.05, 3.63) is 29.6 Å². The van der Waals surface area contributed by atoms with E-state index in [9.17, 15) is 9.59 Å². The van der Waals surface area contributed by atoms with Crippen molar-refractivity contribution in [1.29, 1.82) is 0 Å². The normalized spacial score (nSPS) is 20.2. The van der Waals surface area contributed by atoms with E-state index in [1.54, 1.807) is 24.2 Å². The molecule has 0 aliphatic carbocycles. The van der Waals surface area contributed by atoms with Crippen molar-refractivity contribution in [2.75, 3.05) is 26.7 Å². The Morgan fingerprint density at radius 1 is 1.42 bits per heavy atom. The molecule has 1 aliphatic heterocycles. The summed E-state index contributed by atoms with van der Waals surface area (Å²) >= 11 is 0. The lowest BCUT2D eigenvalue weighted by molar-refractivity contribution is 0.0865. The Hall–Kier alpha value is -1.95. The number of urea groups is 1. The molecule has 0 spiro atoms. The van der Waals surface area contributed by atoms with Gasteiger partial charge in [0, 0.05) is 37.6 Å². The van der Waals surface area contributed by atoms with Crippen LogP contribution in [0.1, 0.15) is 42.7 Å². The zero-order valence-corrected chi connectivity index (χ0v) is 15.1. The molecule has 0 saturated carbocycles. The Morgan fingerprint density at radius 3 is 2.71 bits per heavy atom. The summed E-state index contributed by atoms with van der Waals surface area (Å²) in [6, 6.07) is 3.40. The van der Waals surface area contributed by atoms with Gasteiger partial charge in [0.2, 0.25) is 0 Å². The number of aryl methyl sites for hydroxylation is 1. The van der Waals surface area contributed by atoms with E-state index in [0.717, 1.165) is 12.1 Å². The van der Waals surface area contributed by atoms with Crippen LogP contribution in [0.4, 0.5) is 4.79 Å². The second-order valence-corrected chi connectivity index (χ2v) is 7.06. The number of hydrogen-bond donors (Lipinski definition) is 2. The number of carbonyl (C=O) groups excluding carboxylic acids is 2. The van der Waals surface area contributed by atoms with Crippen molar-refractivity contribution in [2.24, 2.45) is 5.92 Å². The van der Waals surface area contributed by atoms with Gasteiger partial charge in [0.25, 0.3) is 0 Å². The van der Waals surface area contributed by atoms with Gasteiger partial charge in [-0.1, -0.05) is 13.8 Å². The standard InChI is InChI=1S/C18H28N4O2/c1-13(2)7-10-22(4)17(24)21-18(8-9-19-12-18)16(23)15-6-5-14(3)20-11-15/h5-6,11,13,19H,7-10,12H2,1-4H3,(H,21,24)/t18-/m1/s1. The third-order valence-corrected chi connectivity index (χ3v) is 4.50. The molecular formula is C18H28N4O2. The summed E-state index contributed by atoms with van der Waals surface area (Å²) in [6.45, 7) is 7.97. The van der Waals surface area contributed by atoms with Gasteiger partial charge in [0.15, 0.2) is 5.78 Å². The van der Waals surface area contributed by atoms with Crippen molar-refractivity contribution >= 4 is 11.8 Å². The molecule has 2 heterocycles. The first-order chi connectivity index (χ1) is 11.3. The van der Waals surface area contributed by atoms with E-state index < -0.39 is 5.54 Å². The van der Waals surface area contributed by atoms with E-state index >= 15 is 0 Å². The van der Waals surface area contributed by atoms with Crippen molar-refractivity contribution in [3.63, 3.8) is 0 Å². The maximum Gasteiger partial charge on any atom is 0.317 e. The van der Waals surface area contributed by atoms with E-state index in [0.29, 0.717) is 37.5 Å². The third-order valence-electron chi connectivity index (χ3n) is 4.50. The fourth-order valence-corrected chi connectivity index (χ4v) is 2.78. The molecule has 1 atom stereocenters. The molecule has 1 aromatic heterocycles. The lowest BCUT2D eigenvalue weighted by Crippen LogP contribution is -2.58. The van der Waals surface area contributed by atoms with Crippen LogP contribution in [0, 0.1) is 12.8 Å². The summed E-state index contributed by atoms with van der Waals surface area (Å²) in [7, 11) is 1.77. The minimum absolute atomic E-state index is 0.0781. The molecule has 0 bridgehead atoms. The van der Waals surface area contributed by atoms with Gasteiger partial charge >= 0.3 is 6.03 Å². The highest BCUT2D eigenvalue weighted by Crippen LogP contribution is 2.21. The number of aromatic nitrogens is 1. The maximum absolute atomic E-state index is 13.0. The summed E-state index contributed by atoms with van der Waals surface area (Å²) in [6.07, 6.45) is 3.11. The van der Waals surface area contributed by atoms with E-state index in [4.69, 9.17) is 0 Å². The minimum Gasteiger partial charge on any atom is -0.328 e. The molecule has 6 nitrogen and oxygen atoms in total. The smallest absolute Gasteiger partial charge is 0.317 e. The van der Waals surface area contributed by atoms with Gasteiger partial charge in [-0.15, -0.1) is 0 Å². The first-order valence-electron chi connectivity index (χ1n) is 8.55. The number of hydrogen-bond acceptors (Lipinski definition) is 4. The number of nitrogens with one attached hydrogen (secondary N) is 2. The monoisotopic (exact) mass is 332 g/mol. The summed E-state index contributed by atoms with van der Waals surface area (Å²) in [5, 5.41) is 6.17. The molecule has 132 valence electrons. The molecule has 0 radical (unpaired) electrons. The molecule has 1 aromatic rings. The zero-order chi connectivity index (χ0) is 17.7. The van der Waals surface area contributed by atoms with Gasteiger partial charge in [-0.05, 0) is 44.4 Å². The Bertz CT molecular complexity index is 577. The molecule has 2 N–H and O–H groups in total. The molecule has 2 amide bonds. The maximum atomic E-state index is 13.0. The second kappa shape index (κ2) is 7.75. The third kappa shape index (κ3) is 4.32. The van der Waals surface area contributed by atoms with Crippen molar-refractivity contribution in [1.82, 2.24) is 20.5 Å². The van der Waals surface area contributed by atoms with Gasteiger partial charge < -0.3 is 15.5 Å². The van der Waals surface area contributed by atoms with Gasteiger partial charge in [-0.3, -0.25) is 9.78 Å². The summed E-state index contributed by atoms with van der Waals surface area (Å²) in [4.78, 5) is 31.4. The number of Topliss-reactive ketones (excluding diaryl/α,β-unsaturated/α-hetero) is 1. The molecule has 0 aromatic carbocycles. The number of rotatable bonds is 6. The van der Waals surface area contributed by atoms with Crippen molar-refractivity contribution < 1.29 is 9.59 Å². The fourth-order valence-electron chi connectivity index (χ4n) is 2.78. The molecule has 1 fully saturated rings. The Kier molecular flexibility index (Phi) is 5.94. The highest BCUT2D eigenvalue weighted by atomic mass is 16.2. The molecule has 24 heavy (non-hydrogen) atoms. The molecule has 6 heteroatoms. The van der Waals surface area contributed by atoms with Crippen LogP contribution >= 0.6 is 0 Å². The van der Waals surface area contributed by atoms with Gasteiger partial charge in [-0.25, -0.2) is 4.79 Å². The Labute approximate surface area is 144 Å².